The SMILES string of the molecule is CCc1cnc(C(C)NCc2ccccc2OC(C)C)s1. The van der Waals surface area contributed by atoms with Gasteiger partial charge in [0.2, 0.25) is 0 Å². The van der Waals surface area contributed by atoms with Crippen molar-refractivity contribution in [2.24, 2.45) is 0 Å². The van der Waals surface area contributed by atoms with Crippen LogP contribution in [-0.4, -0.2) is 11.1 Å². The van der Waals surface area contributed by atoms with Crippen molar-refractivity contribution < 1.29 is 4.74 Å². The van der Waals surface area contributed by atoms with E-state index in [1.165, 1.54) is 10.4 Å². The predicted octanol–water partition coefficient (Wildman–Crippen LogP) is 4.34. The predicted molar refractivity (Wildman–Crippen MR) is 89.0 cm³/mol. The van der Waals surface area contributed by atoms with Crippen molar-refractivity contribution in [2.45, 2.75) is 52.8 Å². The number of aromatic nitrogens is 1. The van der Waals surface area contributed by atoms with Gasteiger partial charge >= 0.3 is 0 Å². The quantitative estimate of drug-likeness (QED) is 0.826. The van der Waals surface area contributed by atoms with Crippen LogP contribution in [-0.2, 0) is 13.0 Å². The van der Waals surface area contributed by atoms with Gasteiger partial charge in [-0.05, 0) is 33.3 Å². The maximum atomic E-state index is 5.85. The van der Waals surface area contributed by atoms with Gasteiger partial charge in [0.05, 0.1) is 12.1 Å². The summed E-state index contributed by atoms with van der Waals surface area (Å²) in [6.07, 6.45) is 3.22. The number of rotatable bonds is 7. The summed E-state index contributed by atoms with van der Waals surface area (Å²) in [5, 5.41) is 4.68. The van der Waals surface area contributed by atoms with Crippen LogP contribution in [0.3, 0.4) is 0 Å². The van der Waals surface area contributed by atoms with Crippen molar-refractivity contribution in [3.8, 4) is 5.75 Å². The van der Waals surface area contributed by atoms with E-state index in [0.29, 0.717) is 0 Å². The highest BCUT2D eigenvalue weighted by Gasteiger charge is 2.11. The average Bonchev–Trinajstić information content (AvgIpc) is 2.94. The molecule has 0 saturated carbocycles. The summed E-state index contributed by atoms with van der Waals surface area (Å²) in [5.41, 5.74) is 1.19. The molecule has 0 aliphatic carbocycles. The van der Waals surface area contributed by atoms with Gasteiger partial charge in [-0.3, -0.25) is 0 Å². The van der Waals surface area contributed by atoms with Gasteiger partial charge in [-0.25, -0.2) is 4.98 Å². The van der Waals surface area contributed by atoms with E-state index in [0.717, 1.165) is 23.7 Å². The molecular formula is C17H24N2OS. The van der Waals surface area contributed by atoms with Gasteiger partial charge in [0.1, 0.15) is 10.8 Å². The number of ether oxygens (including phenoxy) is 1. The van der Waals surface area contributed by atoms with E-state index < -0.39 is 0 Å². The van der Waals surface area contributed by atoms with E-state index in [9.17, 15) is 0 Å². The number of nitrogens with one attached hydrogen (secondary N) is 1. The number of thiazole rings is 1. The van der Waals surface area contributed by atoms with Crippen LogP contribution in [0.1, 0.15) is 49.2 Å². The van der Waals surface area contributed by atoms with Crippen LogP contribution in [0, 0.1) is 0 Å². The maximum absolute atomic E-state index is 5.85. The second-order valence-corrected chi connectivity index (χ2v) is 6.54. The van der Waals surface area contributed by atoms with Crippen LogP contribution in [0.15, 0.2) is 30.5 Å². The molecule has 0 aliphatic heterocycles. The number of hydrogen-bond donors (Lipinski definition) is 1. The molecule has 21 heavy (non-hydrogen) atoms. The summed E-state index contributed by atoms with van der Waals surface area (Å²) in [5.74, 6) is 0.959. The Bertz CT molecular complexity index is 565. The van der Waals surface area contributed by atoms with Gasteiger partial charge in [-0.15, -0.1) is 11.3 Å². The number of nitrogens with zero attached hydrogens (tertiary/aromatic N) is 1. The summed E-state index contributed by atoms with van der Waals surface area (Å²) < 4.78 is 5.85. The molecule has 114 valence electrons. The van der Waals surface area contributed by atoms with Crippen LogP contribution in [0.4, 0.5) is 0 Å². The normalized spacial score (nSPS) is 12.6. The molecule has 0 fully saturated rings. The molecule has 2 aromatic rings. The van der Waals surface area contributed by atoms with Crippen molar-refractivity contribution in [1.82, 2.24) is 10.3 Å². The number of aryl methyl sites for hydroxylation is 1. The lowest BCUT2D eigenvalue weighted by molar-refractivity contribution is 0.239. The van der Waals surface area contributed by atoms with Gasteiger partial charge in [0, 0.05) is 23.2 Å². The smallest absolute Gasteiger partial charge is 0.124 e. The Balaban J connectivity index is 1.99. The summed E-state index contributed by atoms with van der Waals surface area (Å²) in [7, 11) is 0. The zero-order chi connectivity index (χ0) is 15.2. The molecule has 0 saturated heterocycles. The Kier molecular flexibility index (Phi) is 5.76. The van der Waals surface area contributed by atoms with Crippen molar-refractivity contribution in [3.63, 3.8) is 0 Å². The second-order valence-electron chi connectivity index (χ2n) is 5.40. The largest absolute Gasteiger partial charge is 0.491 e. The molecule has 0 aliphatic rings. The zero-order valence-electron chi connectivity index (χ0n) is 13.2. The highest BCUT2D eigenvalue weighted by atomic mass is 32.1. The Morgan fingerprint density at radius 2 is 2.00 bits per heavy atom. The summed E-state index contributed by atoms with van der Waals surface area (Å²) >= 11 is 1.79. The van der Waals surface area contributed by atoms with Gasteiger partial charge in [-0.2, -0.15) is 0 Å². The molecule has 0 amide bonds. The zero-order valence-corrected chi connectivity index (χ0v) is 14.0. The molecule has 2 rings (SSSR count). The van der Waals surface area contributed by atoms with E-state index in [2.05, 4.69) is 44.1 Å². The Morgan fingerprint density at radius 3 is 2.67 bits per heavy atom. The first kappa shape index (κ1) is 16.0. The molecule has 0 radical (unpaired) electrons. The molecule has 1 heterocycles. The third kappa shape index (κ3) is 4.55. The minimum absolute atomic E-state index is 0.189. The number of hydrogen-bond acceptors (Lipinski definition) is 4. The summed E-state index contributed by atoms with van der Waals surface area (Å²) in [6.45, 7) is 9.20. The van der Waals surface area contributed by atoms with Gasteiger partial charge in [0.25, 0.3) is 0 Å². The lowest BCUT2D eigenvalue weighted by atomic mass is 10.2. The Labute approximate surface area is 131 Å². The molecule has 1 unspecified atom stereocenters. The number of para-hydroxylation sites is 1. The third-order valence-corrected chi connectivity index (χ3v) is 4.55. The van der Waals surface area contributed by atoms with Gasteiger partial charge < -0.3 is 10.1 Å². The lowest BCUT2D eigenvalue weighted by Crippen LogP contribution is -2.19. The first-order valence-corrected chi connectivity index (χ1v) is 8.34. The average molecular weight is 304 g/mol. The van der Waals surface area contributed by atoms with E-state index in [1.807, 2.05) is 24.4 Å². The third-order valence-electron chi connectivity index (χ3n) is 3.22. The fraction of sp³-hybridized carbons (Fsp3) is 0.471. The fourth-order valence-corrected chi connectivity index (χ4v) is 2.94. The lowest BCUT2D eigenvalue weighted by Gasteiger charge is -2.16. The Morgan fingerprint density at radius 1 is 1.24 bits per heavy atom. The van der Waals surface area contributed by atoms with Crippen molar-refractivity contribution in [1.29, 1.82) is 0 Å². The van der Waals surface area contributed by atoms with E-state index in [4.69, 9.17) is 4.74 Å². The fourth-order valence-electron chi connectivity index (χ4n) is 2.06. The van der Waals surface area contributed by atoms with Crippen LogP contribution in [0.5, 0.6) is 5.75 Å². The molecule has 0 spiro atoms. The van der Waals surface area contributed by atoms with E-state index in [1.54, 1.807) is 11.3 Å². The molecule has 1 aromatic carbocycles. The first-order valence-electron chi connectivity index (χ1n) is 7.52. The van der Waals surface area contributed by atoms with E-state index in [-0.39, 0.29) is 12.1 Å². The van der Waals surface area contributed by atoms with Crippen LogP contribution in [0.25, 0.3) is 0 Å². The van der Waals surface area contributed by atoms with Gasteiger partial charge in [-0.1, -0.05) is 25.1 Å². The number of benzene rings is 1. The topological polar surface area (TPSA) is 34.2 Å². The van der Waals surface area contributed by atoms with Crippen molar-refractivity contribution in [3.05, 3.63) is 45.9 Å². The van der Waals surface area contributed by atoms with Crippen LogP contribution >= 0.6 is 11.3 Å². The summed E-state index contributed by atoms with van der Waals surface area (Å²) in [4.78, 5) is 5.83. The van der Waals surface area contributed by atoms with Crippen molar-refractivity contribution in [2.75, 3.05) is 0 Å². The van der Waals surface area contributed by atoms with Gasteiger partial charge in [0.15, 0.2) is 0 Å². The molecule has 1 aromatic heterocycles. The minimum Gasteiger partial charge on any atom is -0.491 e. The maximum Gasteiger partial charge on any atom is 0.124 e. The molecule has 3 nitrogen and oxygen atoms in total. The molecule has 0 bridgehead atoms. The van der Waals surface area contributed by atoms with Crippen molar-refractivity contribution >= 4 is 11.3 Å². The van der Waals surface area contributed by atoms with Crippen LogP contribution < -0.4 is 10.1 Å². The molecule has 4 heteroatoms. The van der Waals surface area contributed by atoms with E-state index >= 15 is 0 Å². The Hall–Kier alpha value is -1.39. The monoisotopic (exact) mass is 304 g/mol. The minimum atomic E-state index is 0.189. The highest BCUT2D eigenvalue weighted by Crippen LogP contribution is 2.23. The van der Waals surface area contributed by atoms with Crippen LogP contribution in [0.2, 0.25) is 0 Å². The first-order chi connectivity index (χ1) is 10.1. The molecule has 1 N–H and O–H groups in total. The standard InChI is InChI=1S/C17H24N2OS/c1-5-15-11-19-17(21-15)13(4)18-10-14-8-6-7-9-16(14)20-12(2)3/h6-9,11-13,18H,5,10H2,1-4H3. The molecule has 1 atom stereocenters. The molecular weight excluding hydrogens is 280 g/mol. The highest BCUT2D eigenvalue weighted by molar-refractivity contribution is 7.11. The second kappa shape index (κ2) is 7.57. The summed E-state index contributed by atoms with van der Waals surface area (Å²) in [6, 6.07) is 8.45.